The molecule has 0 heterocycles. The van der Waals surface area contributed by atoms with Crippen molar-refractivity contribution in [2.45, 2.75) is 5.92 Å². The third-order valence-electron chi connectivity index (χ3n) is 3.06. The highest BCUT2D eigenvalue weighted by Crippen LogP contribution is 2.32. The lowest BCUT2D eigenvalue weighted by Gasteiger charge is -2.15. The maximum atomic E-state index is 11.2. The Labute approximate surface area is 115 Å². The van der Waals surface area contributed by atoms with Crippen molar-refractivity contribution >= 4 is 28.3 Å². The van der Waals surface area contributed by atoms with Crippen LogP contribution in [0.15, 0.2) is 30.3 Å². The molecule has 0 amide bonds. The van der Waals surface area contributed by atoms with Gasteiger partial charge >= 0.3 is 5.97 Å². The van der Waals surface area contributed by atoms with Crippen molar-refractivity contribution in [3.05, 3.63) is 40.9 Å². The molecule has 0 spiro atoms. The van der Waals surface area contributed by atoms with Crippen LogP contribution in [-0.2, 0) is 4.79 Å². The van der Waals surface area contributed by atoms with Gasteiger partial charge in [0.1, 0.15) is 5.75 Å². The number of hydrogen-bond acceptors (Lipinski definition) is 3. The van der Waals surface area contributed by atoms with Crippen molar-refractivity contribution in [3.63, 3.8) is 0 Å². The van der Waals surface area contributed by atoms with E-state index in [0.29, 0.717) is 16.3 Å². The predicted molar refractivity (Wildman–Crippen MR) is 74.9 cm³/mol. The van der Waals surface area contributed by atoms with Gasteiger partial charge in [0.2, 0.25) is 0 Å². The van der Waals surface area contributed by atoms with Gasteiger partial charge in [-0.25, -0.2) is 0 Å². The van der Waals surface area contributed by atoms with Gasteiger partial charge in [-0.15, -0.1) is 0 Å². The molecule has 4 nitrogen and oxygen atoms in total. The second-order valence-electron chi connectivity index (χ2n) is 4.21. The van der Waals surface area contributed by atoms with Gasteiger partial charge in [0.15, 0.2) is 0 Å². The summed E-state index contributed by atoms with van der Waals surface area (Å²) in [7, 11) is 1.51. The van der Waals surface area contributed by atoms with E-state index >= 15 is 0 Å². The topological polar surface area (TPSA) is 72.5 Å². The molecular weight excluding hydrogens is 266 g/mol. The molecule has 0 aliphatic rings. The highest BCUT2D eigenvalue weighted by molar-refractivity contribution is 6.31. The van der Waals surface area contributed by atoms with Crippen molar-refractivity contribution in [1.82, 2.24) is 0 Å². The van der Waals surface area contributed by atoms with Crippen LogP contribution < -0.4 is 10.5 Å². The fourth-order valence-corrected chi connectivity index (χ4v) is 2.26. The normalized spacial score (nSPS) is 12.4. The maximum absolute atomic E-state index is 11.2. The summed E-state index contributed by atoms with van der Waals surface area (Å²) >= 11 is 5.95. The summed E-state index contributed by atoms with van der Waals surface area (Å²) in [6.07, 6.45) is 0. The van der Waals surface area contributed by atoms with Crippen LogP contribution in [0.4, 0.5) is 0 Å². The summed E-state index contributed by atoms with van der Waals surface area (Å²) in [5.74, 6) is -1.24. The number of carboxylic acid groups (broad SMARTS) is 1. The number of halogens is 1. The number of benzene rings is 2. The third kappa shape index (κ3) is 2.64. The van der Waals surface area contributed by atoms with Gasteiger partial charge in [0.25, 0.3) is 0 Å². The van der Waals surface area contributed by atoms with Gasteiger partial charge in [0, 0.05) is 17.1 Å². The highest BCUT2D eigenvalue weighted by atomic mass is 35.5. The molecule has 0 aliphatic heterocycles. The van der Waals surface area contributed by atoms with Crippen LogP contribution in [0.3, 0.4) is 0 Å². The molecule has 2 aromatic carbocycles. The molecule has 5 heteroatoms. The van der Waals surface area contributed by atoms with E-state index in [4.69, 9.17) is 22.1 Å². The van der Waals surface area contributed by atoms with Gasteiger partial charge in [-0.3, -0.25) is 4.79 Å². The molecule has 0 aliphatic carbocycles. The van der Waals surface area contributed by atoms with Gasteiger partial charge in [-0.05, 0) is 35.0 Å². The summed E-state index contributed by atoms with van der Waals surface area (Å²) in [5, 5.41) is 11.6. The molecule has 0 bridgehead atoms. The van der Waals surface area contributed by atoms with E-state index in [-0.39, 0.29) is 6.54 Å². The van der Waals surface area contributed by atoms with E-state index < -0.39 is 11.9 Å². The first kappa shape index (κ1) is 13.6. The Kier molecular flexibility index (Phi) is 3.93. The molecule has 1 unspecified atom stereocenters. The van der Waals surface area contributed by atoms with Crippen LogP contribution in [0.2, 0.25) is 5.02 Å². The number of ether oxygens (including phenoxy) is 1. The largest absolute Gasteiger partial charge is 0.496 e. The number of nitrogens with two attached hydrogens (primary N) is 1. The maximum Gasteiger partial charge on any atom is 0.312 e. The third-order valence-corrected chi connectivity index (χ3v) is 3.30. The van der Waals surface area contributed by atoms with Crippen LogP contribution in [-0.4, -0.2) is 24.7 Å². The fourth-order valence-electron chi connectivity index (χ4n) is 2.08. The number of carbonyl (C=O) groups is 1. The minimum atomic E-state index is -0.970. The molecule has 19 heavy (non-hydrogen) atoms. The van der Waals surface area contributed by atoms with E-state index in [2.05, 4.69) is 0 Å². The first-order valence-electron chi connectivity index (χ1n) is 5.77. The Balaban J connectivity index is 2.67. The summed E-state index contributed by atoms with van der Waals surface area (Å²) < 4.78 is 5.26. The molecule has 3 N–H and O–H groups in total. The van der Waals surface area contributed by atoms with Gasteiger partial charge < -0.3 is 15.6 Å². The zero-order valence-electron chi connectivity index (χ0n) is 10.4. The zero-order chi connectivity index (χ0) is 14.0. The smallest absolute Gasteiger partial charge is 0.312 e. The van der Waals surface area contributed by atoms with Crippen LogP contribution in [0.1, 0.15) is 11.5 Å². The molecule has 2 rings (SSSR count). The average Bonchev–Trinajstić information content (AvgIpc) is 2.38. The van der Waals surface area contributed by atoms with E-state index in [1.54, 1.807) is 24.3 Å². The van der Waals surface area contributed by atoms with Crippen molar-refractivity contribution in [1.29, 1.82) is 0 Å². The molecule has 0 radical (unpaired) electrons. The summed E-state index contributed by atoms with van der Waals surface area (Å²) in [4.78, 5) is 11.2. The Morgan fingerprint density at radius 1 is 1.37 bits per heavy atom. The number of methoxy groups -OCH3 is 1. The number of fused-ring (bicyclic) bond motifs is 1. The standard InChI is InChI=1S/C14H14ClNO3/c1-19-13-6-8-2-3-10(15)4-9(8)5-11(13)12(7-16)14(17)18/h2-6,12H,7,16H2,1H3,(H,17,18). The van der Waals surface area contributed by atoms with Crippen molar-refractivity contribution in [2.24, 2.45) is 5.73 Å². The second kappa shape index (κ2) is 5.47. The molecule has 1 atom stereocenters. The van der Waals surface area contributed by atoms with E-state index in [9.17, 15) is 9.90 Å². The van der Waals surface area contributed by atoms with E-state index in [0.717, 1.165) is 10.8 Å². The zero-order valence-corrected chi connectivity index (χ0v) is 11.1. The van der Waals surface area contributed by atoms with Gasteiger partial charge in [0.05, 0.1) is 13.0 Å². The van der Waals surface area contributed by atoms with Crippen LogP contribution in [0.5, 0.6) is 5.75 Å². The average molecular weight is 280 g/mol. The Bertz CT molecular complexity index is 627. The molecule has 100 valence electrons. The summed E-state index contributed by atoms with van der Waals surface area (Å²) in [6.45, 7) is 0.0117. The van der Waals surface area contributed by atoms with Crippen molar-refractivity contribution in [2.75, 3.05) is 13.7 Å². The van der Waals surface area contributed by atoms with Crippen LogP contribution in [0.25, 0.3) is 10.8 Å². The lowest BCUT2D eigenvalue weighted by Crippen LogP contribution is -2.21. The summed E-state index contributed by atoms with van der Waals surface area (Å²) in [6, 6.07) is 9.00. The van der Waals surface area contributed by atoms with Crippen LogP contribution in [0, 0.1) is 0 Å². The summed E-state index contributed by atoms with van der Waals surface area (Å²) in [5.41, 5.74) is 6.10. The number of carboxylic acids is 1. The number of hydrogen-bond donors (Lipinski definition) is 2. The second-order valence-corrected chi connectivity index (χ2v) is 4.65. The Morgan fingerprint density at radius 3 is 2.68 bits per heavy atom. The minimum Gasteiger partial charge on any atom is -0.496 e. The van der Waals surface area contributed by atoms with Crippen molar-refractivity contribution < 1.29 is 14.6 Å². The van der Waals surface area contributed by atoms with Crippen molar-refractivity contribution in [3.8, 4) is 5.75 Å². The minimum absolute atomic E-state index is 0.0117. The quantitative estimate of drug-likeness (QED) is 0.902. The lowest BCUT2D eigenvalue weighted by atomic mass is 9.95. The van der Waals surface area contributed by atoms with E-state index in [1.165, 1.54) is 7.11 Å². The number of rotatable bonds is 4. The van der Waals surface area contributed by atoms with E-state index in [1.807, 2.05) is 6.07 Å². The SMILES string of the molecule is COc1cc2ccc(Cl)cc2cc1C(CN)C(=O)O. The molecule has 0 fully saturated rings. The Hall–Kier alpha value is -1.78. The molecule has 2 aromatic rings. The van der Waals surface area contributed by atoms with Crippen LogP contribution >= 0.6 is 11.6 Å². The lowest BCUT2D eigenvalue weighted by molar-refractivity contribution is -0.138. The molecule has 0 aromatic heterocycles. The highest BCUT2D eigenvalue weighted by Gasteiger charge is 2.22. The van der Waals surface area contributed by atoms with Gasteiger partial charge in [-0.2, -0.15) is 0 Å². The molecule has 0 saturated carbocycles. The first-order chi connectivity index (χ1) is 9.06. The fraction of sp³-hybridized carbons (Fsp3) is 0.214. The molecular formula is C14H14ClNO3. The monoisotopic (exact) mass is 279 g/mol. The molecule has 0 saturated heterocycles. The predicted octanol–water partition coefficient (Wildman–Crippen LogP) is 2.63. The Morgan fingerprint density at radius 2 is 2.11 bits per heavy atom. The van der Waals surface area contributed by atoms with Gasteiger partial charge in [-0.1, -0.05) is 17.7 Å². The number of aliphatic carboxylic acids is 1. The first-order valence-corrected chi connectivity index (χ1v) is 6.14.